The molecule has 0 spiro atoms. The number of carbonyl (C=O) groups excluding carboxylic acids is 1. The van der Waals surface area contributed by atoms with Gasteiger partial charge in [0, 0.05) is 24.2 Å². The summed E-state index contributed by atoms with van der Waals surface area (Å²) in [5, 5.41) is 3.58. The first-order valence-corrected chi connectivity index (χ1v) is 13.0. The van der Waals surface area contributed by atoms with Crippen LogP contribution in [0, 0.1) is 4.91 Å². The van der Waals surface area contributed by atoms with E-state index in [1.54, 1.807) is 0 Å². The Morgan fingerprint density at radius 1 is 1.06 bits per heavy atom. The van der Waals surface area contributed by atoms with Gasteiger partial charge < -0.3 is 15.4 Å². The zero-order valence-electron chi connectivity index (χ0n) is 21.6. The number of rotatable bonds is 13. The minimum absolute atomic E-state index is 0.00332. The number of carbonyl (C=O) groups is 1. The van der Waals surface area contributed by atoms with Gasteiger partial charge in [-0.15, -0.1) is 4.91 Å². The van der Waals surface area contributed by atoms with Gasteiger partial charge in [0.1, 0.15) is 5.54 Å². The molecule has 35 heavy (non-hydrogen) atoms. The highest BCUT2D eigenvalue weighted by molar-refractivity contribution is 5.94. The lowest BCUT2D eigenvalue weighted by atomic mass is 9.86. The van der Waals surface area contributed by atoms with Gasteiger partial charge >= 0.3 is 0 Å². The van der Waals surface area contributed by atoms with Crippen molar-refractivity contribution in [2.24, 2.45) is 10.9 Å². The molecule has 1 amide bonds. The van der Waals surface area contributed by atoms with E-state index in [1.165, 1.54) is 5.56 Å². The first-order valence-electron chi connectivity index (χ1n) is 13.0. The quantitative estimate of drug-likeness (QED) is 0.359. The number of amides is 1. The van der Waals surface area contributed by atoms with Gasteiger partial charge in [0.25, 0.3) is 5.91 Å². The maximum atomic E-state index is 13.4. The Labute approximate surface area is 210 Å². The van der Waals surface area contributed by atoms with Crippen LogP contribution in [0.25, 0.3) is 0 Å². The van der Waals surface area contributed by atoms with Gasteiger partial charge in [-0.3, -0.25) is 4.79 Å². The van der Waals surface area contributed by atoms with Gasteiger partial charge in [-0.1, -0.05) is 68.3 Å². The third-order valence-electron chi connectivity index (χ3n) is 6.81. The number of ether oxygens (including phenoxy) is 1. The first-order chi connectivity index (χ1) is 16.8. The van der Waals surface area contributed by atoms with Crippen LogP contribution in [0.4, 0.5) is 0 Å². The molecule has 2 aromatic carbocycles. The highest BCUT2D eigenvalue weighted by Gasteiger charge is 2.38. The lowest BCUT2D eigenvalue weighted by molar-refractivity contribution is 0.0748. The van der Waals surface area contributed by atoms with Crippen molar-refractivity contribution < 1.29 is 9.53 Å². The lowest BCUT2D eigenvalue weighted by Gasteiger charge is -2.26. The normalized spacial score (nSPS) is 16.6. The molecule has 0 heterocycles. The predicted octanol–water partition coefficient (Wildman–Crippen LogP) is 5.96. The van der Waals surface area contributed by atoms with E-state index in [9.17, 15) is 9.70 Å². The van der Waals surface area contributed by atoms with Gasteiger partial charge in [0.05, 0.1) is 13.2 Å². The van der Waals surface area contributed by atoms with Gasteiger partial charge in [0.15, 0.2) is 0 Å². The van der Waals surface area contributed by atoms with Crippen LogP contribution in [-0.4, -0.2) is 36.0 Å². The van der Waals surface area contributed by atoms with Gasteiger partial charge in [-0.2, -0.15) is 0 Å². The first kappa shape index (κ1) is 27.0. The third-order valence-corrected chi connectivity index (χ3v) is 6.81. The molecule has 0 radical (unpaired) electrons. The Balaban J connectivity index is 1.81. The zero-order valence-corrected chi connectivity index (χ0v) is 21.6. The van der Waals surface area contributed by atoms with Crippen LogP contribution in [-0.2, 0) is 23.3 Å². The second kappa shape index (κ2) is 12.4. The summed E-state index contributed by atoms with van der Waals surface area (Å²) < 4.78 is 6.07. The zero-order chi connectivity index (χ0) is 25.3. The van der Waals surface area contributed by atoms with E-state index >= 15 is 0 Å². The number of hydrogen-bond acceptors (Lipinski definition) is 5. The van der Waals surface area contributed by atoms with Crippen molar-refractivity contribution in [3.05, 3.63) is 75.7 Å². The van der Waals surface area contributed by atoms with E-state index in [0.717, 1.165) is 49.7 Å². The standard InChI is InChI=1S/C29H41N3O3/c1-4-15-32(16-5-2)27(33)25-17-24(18-26(19-25)29(31-34)13-9-10-14-29)21-35-22-28(3,30)20-23-11-7-6-8-12-23/h6-8,11-12,17-19H,4-5,9-10,13-16,20-22,30H2,1-3H3. The van der Waals surface area contributed by atoms with E-state index in [4.69, 9.17) is 10.5 Å². The predicted molar refractivity (Wildman–Crippen MR) is 141 cm³/mol. The van der Waals surface area contributed by atoms with Crippen molar-refractivity contribution in [3.63, 3.8) is 0 Å². The molecule has 0 aromatic heterocycles. The van der Waals surface area contributed by atoms with Crippen LogP contribution in [0.2, 0.25) is 0 Å². The van der Waals surface area contributed by atoms with Crippen molar-refractivity contribution in [2.75, 3.05) is 19.7 Å². The molecule has 190 valence electrons. The summed E-state index contributed by atoms with van der Waals surface area (Å²) in [5.74, 6) is 0.00332. The Bertz CT molecular complexity index is 962. The van der Waals surface area contributed by atoms with Crippen LogP contribution >= 0.6 is 0 Å². The number of nitrogens with two attached hydrogens (primary N) is 1. The topological polar surface area (TPSA) is 85.0 Å². The molecule has 3 rings (SSSR count). The average molecular weight is 480 g/mol. The number of nitrogens with zero attached hydrogens (tertiary/aromatic N) is 2. The van der Waals surface area contributed by atoms with E-state index in [0.29, 0.717) is 38.3 Å². The van der Waals surface area contributed by atoms with Gasteiger partial charge in [0.2, 0.25) is 0 Å². The highest BCUT2D eigenvalue weighted by atomic mass is 16.5. The van der Waals surface area contributed by atoms with E-state index in [-0.39, 0.29) is 5.91 Å². The van der Waals surface area contributed by atoms with Crippen LogP contribution in [0.15, 0.2) is 53.7 Å². The summed E-state index contributed by atoms with van der Waals surface area (Å²) in [6.07, 6.45) is 5.89. The molecule has 2 aromatic rings. The number of hydrogen-bond donors (Lipinski definition) is 1. The largest absolute Gasteiger partial charge is 0.375 e. The fraction of sp³-hybridized carbons (Fsp3) is 0.552. The minimum atomic E-state index is -0.749. The lowest BCUT2D eigenvalue weighted by Crippen LogP contribution is -2.43. The average Bonchev–Trinajstić information content (AvgIpc) is 3.34. The SMILES string of the molecule is CCCN(CCC)C(=O)c1cc(COCC(C)(N)Cc2ccccc2)cc(C2(N=O)CCCC2)c1. The second-order valence-corrected chi connectivity index (χ2v) is 10.3. The Hall–Kier alpha value is -2.57. The maximum Gasteiger partial charge on any atom is 0.253 e. The van der Waals surface area contributed by atoms with Crippen molar-refractivity contribution in [1.29, 1.82) is 0 Å². The summed E-state index contributed by atoms with van der Waals surface area (Å²) in [4.78, 5) is 27.3. The van der Waals surface area contributed by atoms with Crippen LogP contribution < -0.4 is 5.73 Å². The molecule has 1 unspecified atom stereocenters. The Morgan fingerprint density at radius 3 is 2.31 bits per heavy atom. The molecule has 2 N–H and O–H groups in total. The fourth-order valence-corrected chi connectivity index (χ4v) is 5.11. The molecular weight excluding hydrogens is 438 g/mol. The molecule has 6 nitrogen and oxygen atoms in total. The van der Waals surface area contributed by atoms with E-state index < -0.39 is 11.1 Å². The summed E-state index contributed by atoms with van der Waals surface area (Å²) in [6, 6.07) is 15.9. The third kappa shape index (κ3) is 7.21. The molecule has 1 atom stereocenters. The molecule has 1 fully saturated rings. The summed E-state index contributed by atoms with van der Waals surface area (Å²) in [7, 11) is 0. The van der Waals surface area contributed by atoms with E-state index in [2.05, 4.69) is 31.2 Å². The van der Waals surface area contributed by atoms with Gasteiger partial charge in [-0.25, -0.2) is 0 Å². The fourth-order valence-electron chi connectivity index (χ4n) is 5.11. The Kier molecular flexibility index (Phi) is 9.58. The molecule has 1 aliphatic carbocycles. The molecule has 0 aliphatic heterocycles. The molecule has 0 saturated heterocycles. The number of nitroso groups, excluding NO2 is 1. The smallest absolute Gasteiger partial charge is 0.253 e. The van der Waals surface area contributed by atoms with Crippen LogP contribution in [0.1, 0.15) is 86.3 Å². The van der Waals surface area contributed by atoms with Crippen molar-refractivity contribution in [2.45, 2.75) is 83.4 Å². The second-order valence-electron chi connectivity index (χ2n) is 10.3. The Morgan fingerprint density at radius 2 is 1.71 bits per heavy atom. The summed E-state index contributed by atoms with van der Waals surface area (Å²) in [6.45, 7) is 8.28. The summed E-state index contributed by atoms with van der Waals surface area (Å²) >= 11 is 0. The van der Waals surface area contributed by atoms with Crippen molar-refractivity contribution in [3.8, 4) is 0 Å². The summed E-state index contributed by atoms with van der Waals surface area (Å²) in [5.41, 5.74) is 8.75. The molecule has 1 aliphatic rings. The molecular formula is C29H41N3O3. The minimum Gasteiger partial charge on any atom is -0.375 e. The van der Waals surface area contributed by atoms with Crippen molar-refractivity contribution in [1.82, 2.24) is 4.90 Å². The van der Waals surface area contributed by atoms with Crippen LogP contribution in [0.3, 0.4) is 0 Å². The molecule has 1 saturated carbocycles. The van der Waals surface area contributed by atoms with Crippen molar-refractivity contribution >= 4 is 5.91 Å². The van der Waals surface area contributed by atoms with Gasteiger partial charge in [-0.05, 0) is 67.9 Å². The molecule has 6 heteroatoms. The molecule has 0 bridgehead atoms. The van der Waals surface area contributed by atoms with E-state index in [1.807, 2.05) is 48.2 Å². The number of benzene rings is 2. The monoisotopic (exact) mass is 479 g/mol. The van der Waals surface area contributed by atoms with Crippen LogP contribution in [0.5, 0.6) is 0 Å². The highest BCUT2D eigenvalue weighted by Crippen LogP contribution is 2.43. The maximum absolute atomic E-state index is 13.4.